The van der Waals surface area contributed by atoms with Gasteiger partial charge in [0, 0.05) is 18.9 Å². The number of nitrogen functional groups attached to an aromatic ring is 1. The van der Waals surface area contributed by atoms with Crippen LogP contribution in [0.1, 0.15) is 5.56 Å². The van der Waals surface area contributed by atoms with Crippen LogP contribution in [0.4, 0.5) is 11.5 Å². The Morgan fingerprint density at radius 2 is 2.06 bits per heavy atom. The second kappa shape index (κ2) is 5.63. The first-order valence-corrected chi connectivity index (χ1v) is 6.09. The van der Waals surface area contributed by atoms with Crippen LogP contribution in [0.3, 0.4) is 0 Å². The van der Waals surface area contributed by atoms with Crippen molar-refractivity contribution in [2.24, 2.45) is 0 Å². The second-order valence-corrected chi connectivity index (χ2v) is 4.49. The Morgan fingerprint density at radius 1 is 1.29 bits per heavy atom. The highest BCUT2D eigenvalue weighted by Gasteiger charge is 2.01. The van der Waals surface area contributed by atoms with Crippen LogP contribution in [0.25, 0.3) is 0 Å². The van der Waals surface area contributed by atoms with E-state index in [-0.39, 0.29) is 0 Å². The zero-order chi connectivity index (χ0) is 12.1. The smallest absolute Gasteiger partial charge is 0.140 e. The molecule has 4 nitrogen and oxygen atoms in total. The summed E-state index contributed by atoms with van der Waals surface area (Å²) < 4.78 is 0.882. The van der Waals surface area contributed by atoms with Crippen LogP contribution in [0.2, 0.25) is 0 Å². The SMILES string of the molecule is Nc1cnc(NCCc2ccncc2)c(Br)c1. The summed E-state index contributed by atoms with van der Waals surface area (Å²) in [5.41, 5.74) is 7.52. The minimum Gasteiger partial charge on any atom is -0.397 e. The van der Waals surface area contributed by atoms with Gasteiger partial charge in [-0.05, 0) is 46.1 Å². The molecule has 2 rings (SSSR count). The summed E-state index contributed by atoms with van der Waals surface area (Å²) in [6.07, 6.45) is 6.17. The van der Waals surface area contributed by atoms with E-state index in [4.69, 9.17) is 5.73 Å². The molecule has 0 radical (unpaired) electrons. The fraction of sp³-hybridized carbons (Fsp3) is 0.167. The Morgan fingerprint density at radius 3 is 2.76 bits per heavy atom. The zero-order valence-corrected chi connectivity index (χ0v) is 10.8. The van der Waals surface area contributed by atoms with Crippen molar-refractivity contribution in [3.8, 4) is 0 Å². The predicted octanol–water partition coefficient (Wildman–Crippen LogP) is 2.48. The number of nitrogens with two attached hydrogens (primary N) is 1. The second-order valence-electron chi connectivity index (χ2n) is 3.63. The van der Waals surface area contributed by atoms with Crippen LogP contribution in [0, 0.1) is 0 Å². The molecule has 0 unspecified atom stereocenters. The number of rotatable bonds is 4. The maximum atomic E-state index is 5.62. The fourth-order valence-electron chi connectivity index (χ4n) is 1.46. The van der Waals surface area contributed by atoms with E-state index < -0.39 is 0 Å². The summed E-state index contributed by atoms with van der Waals surface area (Å²) in [7, 11) is 0. The van der Waals surface area contributed by atoms with Crippen molar-refractivity contribution in [2.45, 2.75) is 6.42 Å². The molecule has 0 spiro atoms. The molecule has 88 valence electrons. The van der Waals surface area contributed by atoms with Gasteiger partial charge in [0.25, 0.3) is 0 Å². The van der Waals surface area contributed by atoms with Crippen LogP contribution in [0.5, 0.6) is 0 Å². The average Bonchev–Trinajstić information content (AvgIpc) is 2.33. The summed E-state index contributed by atoms with van der Waals surface area (Å²) in [6.45, 7) is 0.819. The summed E-state index contributed by atoms with van der Waals surface area (Å²) in [5, 5.41) is 3.25. The van der Waals surface area contributed by atoms with Gasteiger partial charge < -0.3 is 11.1 Å². The number of hydrogen-bond acceptors (Lipinski definition) is 4. The largest absolute Gasteiger partial charge is 0.397 e. The molecule has 3 N–H and O–H groups in total. The standard InChI is InChI=1S/C12H13BrN4/c13-11-7-10(14)8-17-12(11)16-6-3-9-1-4-15-5-2-9/h1-2,4-5,7-8H,3,6,14H2,(H,16,17). The predicted molar refractivity (Wildman–Crippen MR) is 72.8 cm³/mol. The quantitative estimate of drug-likeness (QED) is 0.909. The number of pyridine rings is 2. The first kappa shape index (κ1) is 11.9. The molecule has 0 bridgehead atoms. The number of hydrogen-bond donors (Lipinski definition) is 2. The minimum atomic E-state index is 0.650. The molecular weight excluding hydrogens is 280 g/mol. The Bertz CT molecular complexity index is 487. The molecule has 2 aromatic rings. The third-order valence-corrected chi connectivity index (χ3v) is 2.92. The van der Waals surface area contributed by atoms with Crippen molar-refractivity contribution in [3.63, 3.8) is 0 Å². The lowest BCUT2D eigenvalue weighted by Crippen LogP contribution is -2.07. The van der Waals surface area contributed by atoms with Gasteiger partial charge in [0.1, 0.15) is 5.82 Å². The highest BCUT2D eigenvalue weighted by molar-refractivity contribution is 9.10. The molecule has 0 aromatic carbocycles. The van der Waals surface area contributed by atoms with Gasteiger partial charge in [0.05, 0.1) is 16.4 Å². The molecule has 5 heteroatoms. The maximum absolute atomic E-state index is 5.62. The van der Waals surface area contributed by atoms with E-state index in [1.807, 2.05) is 18.2 Å². The summed E-state index contributed by atoms with van der Waals surface area (Å²) in [5.74, 6) is 0.813. The number of aromatic nitrogens is 2. The Hall–Kier alpha value is -1.62. The molecular formula is C12H13BrN4. The third-order valence-electron chi connectivity index (χ3n) is 2.32. The molecule has 0 amide bonds. The minimum absolute atomic E-state index is 0.650. The third kappa shape index (κ3) is 3.42. The molecule has 0 fully saturated rings. The van der Waals surface area contributed by atoms with Crippen LogP contribution in [0.15, 0.2) is 41.3 Å². The zero-order valence-electron chi connectivity index (χ0n) is 9.23. The monoisotopic (exact) mass is 292 g/mol. The Kier molecular flexibility index (Phi) is 3.93. The molecule has 0 saturated carbocycles. The van der Waals surface area contributed by atoms with Gasteiger partial charge >= 0.3 is 0 Å². The van der Waals surface area contributed by atoms with Crippen molar-refractivity contribution in [2.75, 3.05) is 17.6 Å². The van der Waals surface area contributed by atoms with Crippen LogP contribution < -0.4 is 11.1 Å². The average molecular weight is 293 g/mol. The van der Waals surface area contributed by atoms with E-state index in [2.05, 4.69) is 31.2 Å². The van der Waals surface area contributed by atoms with Crippen LogP contribution in [-0.2, 0) is 6.42 Å². The van der Waals surface area contributed by atoms with E-state index >= 15 is 0 Å². The van der Waals surface area contributed by atoms with Crippen LogP contribution in [-0.4, -0.2) is 16.5 Å². The van der Waals surface area contributed by atoms with Crippen LogP contribution >= 0.6 is 15.9 Å². The molecule has 2 heterocycles. The van der Waals surface area contributed by atoms with Gasteiger partial charge in [-0.15, -0.1) is 0 Å². The fourth-order valence-corrected chi connectivity index (χ4v) is 1.96. The van der Waals surface area contributed by atoms with Crippen molar-refractivity contribution in [3.05, 3.63) is 46.8 Å². The van der Waals surface area contributed by atoms with Crippen molar-refractivity contribution in [1.29, 1.82) is 0 Å². The topological polar surface area (TPSA) is 63.8 Å². The first-order chi connectivity index (χ1) is 8.25. The molecule has 2 aromatic heterocycles. The number of nitrogens with one attached hydrogen (secondary N) is 1. The van der Waals surface area contributed by atoms with Gasteiger partial charge in [-0.25, -0.2) is 4.98 Å². The highest BCUT2D eigenvalue weighted by atomic mass is 79.9. The van der Waals surface area contributed by atoms with E-state index in [1.165, 1.54) is 5.56 Å². The molecule has 0 aliphatic carbocycles. The van der Waals surface area contributed by atoms with E-state index in [1.54, 1.807) is 18.6 Å². The molecule has 0 atom stereocenters. The summed E-state index contributed by atoms with van der Waals surface area (Å²) in [6, 6.07) is 5.85. The van der Waals surface area contributed by atoms with Crippen molar-refractivity contribution < 1.29 is 0 Å². The van der Waals surface area contributed by atoms with E-state index in [0.29, 0.717) is 5.69 Å². The first-order valence-electron chi connectivity index (χ1n) is 5.29. The van der Waals surface area contributed by atoms with Crippen molar-refractivity contribution >= 4 is 27.4 Å². The number of halogens is 1. The highest BCUT2D eigenvalue weighted by Crippen LogP contribution is 2.21. The summed E-state index contributed by atoms with van der Waals surface area (Å²) in [4.78, 5) is 8.19. The Labute approximate surface area is 108 Å². The number of nitrogens with zero attached hydrogens (tertiary/aromatic N) is 2. The van der Waals surface area contributed by atoms with Gasteiger partial charge in [0.15, 0.2) is 0 Å². The molecule has 0 aliphatic heterocycles. The van der Waals surface area contributed by atoms with E-state index in [0.717, 1.165) is 23.3 Å². The van der Waals surface area contributed by atoms with Gasteiger partial charge in [-0.2, -0.15) is 0 Å². The molecule has 17 heavy (non-hydrogen) atoms. The molecule has 0 saturated heterocycles. The van der Waals surface area contributed by atoms with Gasteiger partial charge in [-0.3, -0.25) is 4.98 Å². The summed E-state index contributed by atoms with van der Waals surface area (Å²) >= 11 is 3.42. The molecule has 0 aliphatic rings. The number of anilines is 2. The van der Waals surface area contributed by atoms with Gasteiger partial charge in [-0.1, -0.05) is 0 Å². The van der Waals surface area contributed by atoms with Gasteiger partial charge in [0.2, 0.25) is 0 Å². The Balaban J connectivity index is 1.90. The lowest BCUT2D eigenvalue weighted by molar-refractivity contribution is 0.998. The van der Waals surface area contributed by atoms with E-state index in [9.17, 15) is 0 Å². The maximum Gasteiger partial charge on any atom is 0.140 e. The lowest BCUT2D eigenvalue weighted by Gasteiger charge is -2.07. The normalized spacial score (nSPS) is 10.2. The van der Waals surface area contributed by atoms with Crippen molar-refractivity contribution in [1.82, 2.24) is 9.97 Å². The lowest BCUT2D eigenvalue weighted by atomic mass is 10.2.